The third-order valence-corrected chi connectivity index (χ3v) is 5.35. The molecule has 0 saturated heterocycles. The van der Waals surface area contributed by atoms with Crippen molar-refractivity contribution in [1.82, 2.24) is 5.16 Å². The Morgan fingerprint density at radius 2 is 1.81 bits per heavy atom. The van der Waals surface area contributed by atoms with Gasteiger partial charge < -0.3 is 19.7 Å². The van der Waals surface area contributed by atoms with Crippen LogP contribution in [0.15, 0.2) is 70.1 Å². The molecule has 162 valence electrons. The molecule has 3 rings (SSSR count). The summed E-state index contributed by atoms with van der Waals surface area (Å²) in [6.07, 6.45) is -1.75. The smallest absolute Gasteiger partial charge is 0.319 e. The summed E-state index contributed by atoms with van der Waals surface area (Å²) in [6, 6.07) is 15.8. The first-order chi connectivity index (χ1) is 14.7. The molecule has 0 saturated carbocycles. The van der Waals surface area contributed by atoms with Crippen LogP contribution in [0.3, 0.4) is 0 Å². The maximum absolute atomic E-state index is 12.5. The van der Waals surface area contributed by atoms with Crippen LogP contribution >= 0.6 is 0 Å². The standard InChI is InChI=1S/C20H19N3O7S/c1-13-11-17(22-30-13)23-31(27,28)16-9-7-15(8-10-16)21-20(14-5-3-2-4-6-14)29-19(26)12-18(24)25/h2-11,20-21H,12H2,1H3,(H,22,23)(H,24,25). The molecule has 0 radical (unpaired) electrons. The lowest BCUT2D eigenvalue weighted by molar-refractivity contribution is -0.154. The molecule has 2 aromatic carbocycles. The molecule has 0 fully saturated rings. The number of carbonyl (C=O) groups is 2. The second-order valence-electron chi connectivity index (χ2n) is 6.45. The topological polar surface area (TPSA) is 148 Å². The summed E-state index contributed by atoms with van der Waals surface area (Å²) in [5, 5.41) is 15.3. The van der Waals surface area contributed by atoms with Crippen LogP contribution in [-0.2, 0) is 24.3 Å². The van der Waals surface area contributed by atoms with Crippen molar-refractivity contribution in [3.8, 4) is 0 Å². The van der Waals surface area contributed by atoms with Gasteiger partial charge >= 0.3 is 11.9 Å². The van der Waals surface area contributed by atoms with Gasteiger partial charge in [0, 0.05) is 17.3 Å². The Balaban J connectivity index is 1.76. The summed E-state index contributed by atoms with van der Waals surface area (Å²) in [6.45, 7) is 1.64. The fourth-order valence-electron chi connectivity index (χ4n) is 2.60. The highest BCUT2D eigenvalue weighted by molar-refractivity contribution is 7.92. The van der Waals surface area contributed by atoms with E-state index in [4.69, 9.17) is 14.4 Å². The van der Waals surface area contributed by atoms with E-state index in [1.807, 2.05) is 0 Å². The monoisotopic (exact) mass is 445 g/mol. The van der Waals surface area contributed by atoms with Gasteiger partial charge in [-0.3, -0.25) is 14.3 Å². The zero-order chi connectivity index (χ0) is 22.4. The number of esters is 1. The molecule has 3 N–H and O–H groups in total. The first-order valence-corrected chi connectivity index (χ1v) is 10.5. The van der Waals surface area contributed by atoms with Crippen molar-refractivity contribution in [2.24, 2.45) is 0 Å². The molecule has 31 heavy (non-hydrogen) atoms. The molecule has 0 aliphatic rings. The number of carboxylic acids is 1. The molecule has 1 atom stereocenters. The molecule has 11 heteroatoms. The SMILES string of the molecule is Cc1cc(NS(=O)(=O)c2ccc(NC(OC(=O)CC(=O)O)c3ccccc3)cc2)no1. The molecule has 3 aromatic rings. The van der Waals surface area contributed by atoms with Crippen molar-refractivity contribution >= 4 is 33.5 Å². The first kappa shape index (κ1) is 21.8. The largest absolute Gasteiger partial charge is 0.481 e. The summed E-state index contributed by atoms with van der Waals surface area (Å²) >= 11 is 0. The fourth-order valence-corrected chi connectivity index (χ4v) is 3.58. The zero-order valence-corrected chi connectivity index (χ0v) is 17.1. The molecule has 0 aliphatic carbocycles. The maximum atomic E-state index is 12.5. The number of carbonyl (C=O) groups excluding carboxylic acids is 1. The van der Waals surface area contributed by atoms with E-state index < -0.39 is 34.6 Å². The van der Waals surface area contributed by atoms with Crippen LogP contribution in [0.4, 0.5) is 11.5 Å². The second kappa shape index (κ2) is 9.30. The van der Waals surface area contributed by atoms with Gasteiger partial charge in [-0.05, 0) is 31.2 Å². The highest BCUT2D eigenvalue weighted by Gasteiger charge is 2.20. The maximum Gasteiger partial charge on any atom is 0.319 e. The van der Waals surface area contributed by atoms with Gasteiger partial charge in [0.2, 0.25) is 0 Å². The van der Waals surface area contributed by atoms with Crippen LogP contribution in [0.2, 0.25) is 0 Å². The van der Waals surface area contributed by atoms with Crippen molar-refractivity contribution < 1.29 is 32.4 Å². The van der Waals surface area contributed by atoms with Crippen molar-refractivity contribution in [3.63, 3.8) is 0 Å². The molecule has 0 amide bonds. The van der Waals surface area contributed by atoms with Gasteiger partial charge in [0.25, 0.3) is 10.0 Å². The lowest BCUT2D eigenvalue weighted by atomic mass is 10.2. The number of carboxylic acid groups (broad SMARTS) is 1. The van der Waals surface area contributed by atoms with Crippen molar-refractivity contribution in [2.45, 2.75) is 24.5 Å². The van der Waals surface area contributed by atoms with E-state index >= 15 is 0 Å². The average Bonchev–Trinajstić information content (AvgIpc) is 3.12. The number of benzene rings is 2. The van der Waals surface area contributed by atoms with E-state index in [1.165, 1.54) is 30.3 Å². The second-order valence-corrected chi connectivity index (χ2v) is 8.13. The Morgan fingerprint density at radius 3 is 2.39 bits per heavy atom. The molecule has 0 aliphatic heterocycles. The summed E-state index contributed by atoms with van der Waals surface area (Å²) in [7, 11) is -3.88. The van der Waals surface area contributed by atoms with Gasteiger partial charge in [0.1, 0.15) is 12.2 Å². The van der Waals surface area contributed by atoms with Gasteiger partial charge in [0.05, 0.1) is 4.90 Å². The van der Waals surface area contributed by atoms with Crippen LogP contribution in [0.5, 0.6) is 0 Å². The predicted molar refractivity (Wildman–Crippen MR) is 110 cm³/mol. The minimum Gasteiger partial charge on any atom is -0.481 e. The Kier molecular flexibility index (Phi) is 6.55. The molecule has 10 nitrogen and oxygen atoms in total. The summed E-state index contributed by atoms with van der Waals surface area (Å²) in [5.74, 6) is -1.70. The molecule has 0 spiro atoms. The number of anilines is 2. The Hall–Kier alpha value is -3.86. The number of nitrogens with zero attached hydrogens (tertiary/aromatic N) is 1. The van der Waals surface area contributed by atoms with E-state index in [0.29, 0.717) is 17.0 Å². The molecular formula is C20H19N3O7S. The first-order valence-electron chi connectivity index (χ1n) is 9.02. The Labute approximate surface area is 177 Å². The minimum atomic E-state index is -3.88. The van der Waals surface area contributed by atoms with E-state index in [9.17, 15) is 18.0 Å². The van der Waals surface area contributed by atoms with E-state index in [1.54, 1.807) is 37.3 Å². The number of rotatable bonds is 9. The summed E-state index contributed by atoms with van der Waals surface area (Å²) < 4.78 is 37.4. The van der Waals surface area contributed by atoms with Crippen LogP contribution in [0.1, 0.15) is 24.0 Å². The minimum absolute atomic E-state index is 0.0159. The number of ether oxygens (including phenoxy) is 1. The number of nitrogens with one attached hydrogen (secondary N) is 2. The van der Waals surface area contributed by atoms with E-state index in [2.05, 4.69) is 15.2 Å². The van der Waals surface area contributed by atoms with Crippen molar-refractivity contribution in [1.29, 1.82) is 0 Å². The summed E-state index contributed by atoms with van der Waals surface area (Å²) in [5.41, 5.74) is 1.04. The highest BCUT2D eigenvalue weighted by atomic mass is 32.2. The van der Waals surface area contributed by atoms with Crippen LogP contribution in [0, 0.1) is 6.92 Å². The highest BCUT2D eigenvalue weighted by Crippen LogP contribution is 2.23. The lowest BCUT2D eigenvalue weighted by Crippen LogP contribution is -2.20. The molecule has 1 unspecified atom stereocenters. The third kappa shape index (κ3) is 6.06. The average molecular weight is 445 g/mol. The summed E-state index contributed by atoms with van der Waals surface area (Å²) in [4.78, 5) is 22.6. The third-order valence-electron chi connectivity index (χ3n) is 3.98. The number of sulfonamides is 1. The number of aromatic nitrogens is 1. The van der Waals surface area contributed by atoms with Crippen molar-refractivity contribution in [3.05, 3.63) is 72.0 Å². The van der Waals surface area contributed by atoms with E-state index in [0.717, 1.165) is 0 Å². The number of aryl methyl sites for hydroxylation is 1. The fraction of sp³-hybridized carbons (Fsp3) is 0.150. The Bertz CT molecular complexity index is 1160. The number of aliphatic carboxylic acids is 1. The van der Waals surface area contributed by atoms with E-state index in [-0.39, 0.29) is 10.7 Å². The van der Waals surface area contributed by atoms with Gasteiger partial charge in [-0.15, -0.1) is 0 Å². The molecule has 1 heterocycles. The zero-order valence-electron chi connectivity index (χ0n) is 16.3. The van der Waals surface area contributed by atoms with Crippen LogP contribution in [0.25, 0.3) is 0 Å². The molecule has 1 aromatic heterocycles. The lowest BCUT2D eigenvalue weighted by Gasteiger charge is -2.20. The van der Waals surface area contributed by atoms with Crippen molar-refractivity contribution in [2.75, 3.05) is 10.0 Å². The van der Waals surface area contributed by atoms with Gasteiger partial charge in [-0.25, -0.2) is 8.42 Å². The van der Waals surface area contributed by atoms with Gasteiger partial charge in [-0.2, -0.15) is 0 Å². The normalized spacial score (nSPS) is 12.0. The molecular weight excluding hydrogens is 426 g/mol. The number of hydrogen-bond donors (Lipinski definition) is 3. The van der Waals surface area contributed by atoms with Crippen LogP contribution < -0.4 is 10.0 Å². The van der Waals surface area contributed by atoms with Crippen LogP contribution in [-0.4, -0.2) is 30.6 Å². The van der Waals surface area contributed by atoms with Gasteiger partial charge in [0.15, 0.2) is 12.0 Å². The number of hydrogen-bond acceptors (Lipinski definition) is 8. The quantitative estimate of drug-likeness (QED) is 0.257. The Morgan fingerprint density at radius 1 is 1.13 bits per heavy atom. The molecule has 0 bridgehead atoms. The predicted octanol–water partition coefficient (Wildman–Crippen LogP) is 2.91. The van der Waals surface area contributed by atoms with Gasteiger partial charge in [-0.1, -0.05) is 35.5 Å².